The van der Waals surface area contributed by atoms with E-state index in [1.54, 1.807) is 0 Å². The van der Waals surface area contributed by atoms with Gasteiger partial charge in [0.25, 0.3) is 0 Å². The number of benzene rings is 1. The van der Waals surface area contributed by atoms with Crippen LogP contribution in [0, 0.1) is 0 Å². The third-order valence-electron chi connectivity index (χ3n) is 5.16. The molecule has 3 atom stereocenters. The topological polar surface area (TPSA) is 71.8 Å². The second-order valence-electron chi connectivity index (χ2n) is 7.10. The Kier molecular flexibility index (Phi) is 4.41. The van der Waals surface area contributed by atoms with Gasteiger partial charge >= 0.3 is 6.18 Å². The van der Waals surface area contributed by atoms with Crippen LogP contribution in [0.4, 0.5) is 13.2 Å². The second kappa shape index (κ2) is 6.63. The van der Waals surface area contributed by atoms with Crippen LogP contribution in [-0.4, -0.2) is 26.8 Å². The summed E-state index contributed by atoms with van der Waals surface area (Å²) < 4.78 is 40.4. The Morgan fingerprint density at radius 1 is 1.15 bits per heavy atom. The van der Waals surface area contributed by atoms with Crippen molar-refractivity contribution in [3.63, 3.8) is 0 Å². The predicted molar refractivity (Wildman–Crippen MR) is 90.6 cm³/mol. The van der Waals surface area contributed by atoms with Crippen molar-refractivity contribution in [1.29, 1.82) is 0 Å². The van der Waals surface area contributed by atoms with Crippen molar-refractivity contribution in [1.82, 2.24) is 25.4 Å². The Morgan fingerprint density at radius 2 is 1.85 bits per heavy atom. The first-order valence-electron chi connectivity index (χ1n) is 8.98. The molecule has 1 amide bonds. The van der Waals surface area contributed by atoms with Crippen molar-refractivity contribution < 1.29 is 18.0 Å². The molecule has 2 aromatic rings. The lowest BCUT2D eigenvalue weighted by atomic mass is 9.90. The third kappa shape index (κ3) is 3.43. The molecule has 1 fully saturated rings. The molecule has 1 aromatic carbocycles. The van der Waals surface area contributed by atoms with Crippen LogP contribution < -0.4 is 10.6 Å². The van der Waals surface area contributed by atoms with E-state index in [0.29, 0.717) is 5.82 Å². The highest BCUT2D eigenvalue weighted by atomic mass is 19.4. The average molecular weight is 379 g/mol. The van der Waals surface area contributed by atoms with Gasteiger partial charge in [0, 0.05) is 18.9 Å². The summed E-state index contributed by atoms with van der Waals surface area (Å²) >= 11 is 0. The second-order valence-corrected chi connectivity index (χ2v) is 7.10. The molecule has 144 valence electrons. The van der Waals surface area contributed by atoms with Gasteiger partial charge < -0.3 is 9.88 Å². The van der Waals surface area contributed by atoms with Gasteiger partial charge in [0.15, 0.2) is 5.82 Å². The Morgan fingerprint density at radius 3 is 2.52 bits per heavy atom. The van der Waals surface area contributed by atoms with E-state index in [0.717, 1.165) is 42.9 Å². The first-order valence-corrected chi connectivity index (χ1v) is 8.98. The lowest BCUT2D eigenvalue weighted by Gasteiger charge is -2.30. The number of nitrogens with zero attached hydrogens (tertiary/aromatic N) is 3. The van der Waals surface area contributed by atoms with E-state index in [1.165, 1.54) is 12.1 Å². The van der Waals surface area contributed by atoms with Gasteiger partial charge in [-0.2, -0.15) is 13.2 Å². The molecule has 0 radical (unpaired) electrons. The number of hydrogen-bond acceptors (Lipinski definition) is 4. The number of rotatable bonds is 2. The molecule has 2 aliphatic heterocycles. The fraction of sp³-hybridized carbons (Fsp3) is 0.500. The van der Waals surface area contributed by atoms with Crippen LogP contribution in [0.5, 0.6) is 0 Å². The van der Waals surface area contributed by atoms with Crippen LogP contribution in [0.1, 0.15) is 60.9 Å². The zero-order valence-corrected chi connectivity index (χ0v) is 14.8. The Bertz CT molecular complexity index is 846. The number of amides is 1. The van der Waals surface area contributed by atoms with Gasteiger partial charge in [0.1, 0.15) is 5.82 Å². The molecule has 1 saturated heterocycles. The summed E-state index contributed by atoms with van der Waals surface area (Å²) in [6.45, 7) is 2.60. The molecule has 2 N–H and O–H groups in total. The van der Waals surface area contributed by atoms with Crippen LogP contribution in [0.2, 0.25) is 0 Å². The molecule has 0 spiro atoms. The van der Waals surface area contributed by atoms with Crippen LogP contribution in [0.15, 0.2) is 24.3 Å². The largest absolute Gasteiger partial charge is 0.416 e. The molecular weight excluding hydrogens is 359 g/mol. The summed E-state index contributed by atoms with van der Waals surface area (Å²) in [6.07, 6.45) is -2.54. The van der Waals surface area contributed by atoms with Gasteiger partial charge in [-0.25, -0.2) is 0 Å². The van der Waals surface area contributed by atoms with E-state index < -0.39 is 11.7 Å². The molecule has 0 aliphatic carbocycles. The minimum atomic E-state index is -4.35. The number of aromatic nitrogens is 3. The van der Waals surface area contributed by atoms with E-state index in [9.17, 15) is 18.0 Å². The molecular formula is C18H20F3N5O. The summed E-state index contributed by atoms with van der Waals surface area (Å²) in [5.74, 6) is 1.32. The molecule has 0 bridgehead atoms. The molecule has 2 aliphatic rings. The van der Waals surface area contributed by atoms with Gasteiger partial charge in [-0.15, -0.1) is 10.2 Å². The molecule has 6 nitrogen and oxygen atoms in total. The monoisotopic (exact) mass is 379 g/mol. The van der Waals surface area contributed by atoms with E-state index in [1.807, 2.05) is 11.5 Å². The number of alkyl halides is 3. The highest BCUT2D eigenvalue weighted by molar-refractivity contribution is 5.77. The van der Waals surface area contributed by atoms with Crippen molar-refractivity contribution in [3.8, 4) is 0 Å². The summed E-state index contributed by atoms with van der Waals surface area (Å²) in [4.78, 5) is 11.8. The van der Waals surface area contributed by atoms with Crippen molar-refractivity contribution >= 4 is 5.91 Å². The standard InChI is InChI=1S/C18H20F3N5O/c1-10-22-14(9-15(27)23-10)17-25-24-16-13(3-2-8-26(16)17)11-4-6-12(7-5-11)18(19,20)21/h4-7,10,13-14,22H,2-3,8-9H2,1H3,(H,23,27)/t10?,13-,14?/m0/s1. The third-order valence-corrected chi connectivity index (χ3v) is 5.16. The molecule has 4 rings (SSSR count). The van der Waals surface area contributed by atoms with E-state index in [2.05, 4.69) is 20.8 Å². The van der Waals surface area contributed by atoms with E-state index >= 15 is 0 Å². The lowest BCUT2D eigenvalue weighted by molar-refractivity contribution is -0.137. The highest BCUT2D eigenvalue weighted by Gasteiger charge is 2.34. The van der Waals surface area contributed by atoms with Crippen molar-refractivity contribution in [3.05, 3.63) is 47.0 Å². The van der Waals surface area contributed by atoms with Gasteiger partial charge in [0.05, 0.1) is 17.8 Å². The van der Waals surface area contributed by atoms with Gasteiger partial charge in [0.2, 0.25) is 5.91 Å². The van der Waals surface area contributed by atoms with Gasteiger partial charge in [-0.05, 0) is 37.5 Å². The molecule has 3 heterocycles. The molecule has 0 saturated carbocycles. The summed E-state index contributed by atoms with van der Waals surface area (Å²) in [5.41, 5.74) is 0.140. The Labute approximate surface area is 154 Å². The SMILES string of the molecule is CC1NC(=O)CC(c2nnc3n2CCC[C@H]3c2ccc(C(F)(F)F)cc2)N1. The lowest BCUT2D eigenvalue weighted by Crippen LogP contribution is -2.51. The zero-order valence-electron chi connectivity index (χ0n) is 14.8. The minimum Gasteiger partial charge on any atom is -0.341 e. The number of hydrogen-bond donors (Lipinski definition) is 2. The predicted octanol–water partition coefficient (Wildman–Crippen LogP) is 2.72. The Balaban J connectivity index is 1.63. The highest BCUT2D eigenvalue weighted by Crippen LogP contribution is 2.36. The normalized spacial score (nSPS) is 25.8. The number of nitrogens with one attached hydrogen (secondary N) is 2. The number of carbonyl (C=O) groups is 1. The van der Waals surface area contributed by atoms with Crippen LogP contribution in [0.3, 0.4) is 0 Å². The van der Waals surface area contributed by atoms with Crippen molar-refractivity contribution in [2.24, 2.45) is 0 Å². The molecule has 27 heavy (non-hydrogen) atoms. The number of halogens is 3. The maximum Gasteiger partial charge on any atom is 0.416 e. The summed E-state index contributed by atoms with van der Waals surface area (Å²) in [6, 6.07) is 5.04. The maximum atomic E-state index is 12.8. The number of fused-ring (bicyclic) bond motifs is 1. The summed E-state index contributed by atoms with van der Waals surface area (Å²) in [7, 11) is 0. The van der Waals surface area contributed by atoms with Crippen molar-refractivity contribution in [2.45, 2.75) is 57.0 Å². The van der Waals surface area contributed by atoms with Crippen LogP contribution >= 0.6 is 0 Å². The fourth-order valence-corrected chi connectivity index (χ4v) is 3.93. The van der Waals surface area contributed by atoms with Crippen LogP contribution in [-0.2, 0) is 17.5 Å². The van der Waals surface area contributed by atoms with Gasteiger partial charge in [-0.3, -0.25) is 10.1 Å². The minimum absolute atomic E-state index is 0.0429. The van der Waals surface area contributed by atoms with E-state index in [4.69, 9.17) is 0 Å². The van der Waals surface area contributed by atoms with E-state index in [-0.39, 0.29) is 30.5 Å². The first-order chi connectivity index (χ1) is 12.8. The Hall–Kier alpha value is -2.42. The smallest absolute Gasteiger partial charge is 0.341 e. The fourth-order valence-electron chi connectivity index (χ4n) is 3.93. The zero-order chi connectivity index (χ0) is 19.2. The van der Waals surface area contributed by atoms with Gasteiger partial charge in [-0.1, -0.05) is 12.1 Å². The summed E-state index contributed by atoms with van der Waals surface area (Å²) in [5, 5.41) is 14.7. The van der Waals surface area contributed by atoms with Crippen molar-refractivity contribution in [2.75, 3.05) is 0 Å². The number of carbonyl (C=O) groups excluding carboxylic acids is 1. The first kappa shape index (κ1) is 18.0. The quantitative estimate of drug-likeness (QED) is 0.842. The molecule has 2 unspecified atom stereocenters. The average Bonchev–Trinajstić information content (AvgIpc) is 3.04. The molecule has 1 aromatic heterocycles. The molecule has 9 heteroatoms. The maximum absolute atomic E-state index is 12.8. The van der Waals surface area contributed by atoms with Crippen LogP contribution in [0.25, 0.3) is 0 Å².